The third-order valence-electron chi connectivity index (χ3n) is 6.86. The number of fused-ring (bicyclic) bond motifs is 1. The highest BCUT2D eigenvalue weighted by Gasteiger charge is 2.36. The van der Waals surface area contributed by atoms with E-state index in [-0.39, 0.29) is 10.8 Å². The molecule has 1 heteroatoms. The molecule has 0 spiro atoms. The first-order valence-corrected chi connectivity index (χ1v) is 10.6. The van der Waals surface area contributed by atoms with Crippen molar-refractivity contribution in [2.75, 3.05) is 13.1 Å². The van der Waals surface area contributed by atoms with Crippen LogP contribution in [0.5, 0.6) is 0 Å². The Kier molecular flexibility index (Phi) is 5.82. The van der Waals surface area contributed by atoms with Crippen LogP contribution in [0.25, 0.3) is 5.57 Å². The van der Waals surface area contributed by atoms with Crippen LogP contribution in [0.15, 0.2) is 48.6 Å². The van der Waals surface area contributed by atoms with Gasteiger partial charge in [-0.3, -0.25) is 0 Å². The molecular formula is C26H37N. The molecule has 3 rings (SSSR count). The van der Waals surface area contributed by atoms with E-state index in [1.54, 1.807) is 0 Å². The molecule has 1 nitrogen and oxygen atoms in total. The molecule has 0 amide bonds. The maximum Gasteiger partial charge on any atom is -0.00432 e. The summed E-state index contributed by atoms with van der Waals surface area (Å²) in [7, 11) is 0. The summed E-state index contributed by atoms with van der Waals surface area (Å²) in [4.78, 5) is 0. The molecule has 0 atom stereocenters. The van der Waals surface area contributed by atoms with Crippen LogP contribution < -0.4 is 5.32 Å². The van der Waals surface area contributed by atoms with Gasteiger partial charge in [0.15, 0.2) is 0 Å². The van der Waals surface area contributed by atoms with Gasteiger partial charge in [0, 0.05) is 0 Å². The maximum absolute atomic E-state index is 4.34. The highest BCUT2D eigenvalue weighted by atomic mass is 14.9. The van der Waals surface area contributed by atoms with Gasteiger partial charge >= 0.3 is 0 Å². The second-order valence-electron chi connectivity index (χ2n) is 9.85. The number of benzene rings is 1. The first kappa shape index (κ1) is 20.1. The van der Waals surface area contributed by atoms with Crippen molar-refractivity contribution in [1.29, 1.82) is 0 Å². The van der Waals surface area contributed by atoms with Gasteiger partial charge in [0.2, 0.25) is 0 Å². The number of rotatable bonds is 4. The Morgan fingerprint density at radius 2 is 1.67 bits per heavy atom. The van der Waals surface area contributed by atoms with Crippen LogP contribution in [0, 0.1) is 5.92 Å². The number of piperidine rings is 1. The van der Waals surface area contributed by atoms with E-state index in [1.165, 1.54) is 47.9 Å². The standard InChI is InChI=1S/C26H37N/c1-19(21-12-16-27-17-13-21)8-7-9-20(2)22-10-11-23-24(18-22)26(5,6)15-14-25(23,3)4/h7-11,18,21,27H,2,12-17H2,1,3-6H3/b9-7-,19-8+. The fraction of sp³-hybridized carbons (Fsp3) is 0.538. The minimum Gasteiger partial charge on any atom is -0.317 e. The molecule has 0 aromatic heterocycles. The molecule has 0 bridgehead atoms. The van der Waals surface area contributed by atoms with Crippen LogP contribution in [0.2, 0.25) is 0 Å². The molecule has 1 heterocycles. The molecule has 146 valence electrons. The molecule has 1 N–H and O–H groups in total. The summed E-state index contributed by atoms with van der Waals surface area (Å²) in [5, 5.41) is 3.44. The summed E-state index contributed by atoms with van der Waals surface area (Å²) >= 11 is 0. The molecule has 1 aliphatic heterocycles. The molecule has 1 aromatic rings. The van der Waals surface area contributed by atoms with Crippen LogP contribution in [-0.4, -0.2) is 13.1 Å². The molecule has 0 saturated carbocycles. The Balaban J connectivity index is 1.77. The van der Waals surface area contributed by atoms with E-state index in [4.69, 9.17) is 0 Å². The van der Waals surface area contributed by atoms with Crippen molar-refractivity contribution in [3.63, 3.8) is 0 Å². The average molecular weight is 364 g/mol. The fourth-order valence-electron chi connectivity index (χ4n) is 4.61. The van der Waals surface area contributed by atoms with Crippen molar-refractivity contribution in [3.05, 3.63) is 65.3 Å². The van der Waals surface area contributed by atoms with Crippen molar-refractivity contribution in [3.8, 4) is 0 Å². The molecular weight excluding hydrogens is 326 g/mol. The van der Waals surface area contributed by atoms with Crippen LogP contribution >= 0.6 is 0 Å². The van der Waals surface area contributed by atoms with Crippen molar-refractivity contribution in [2.45, 2.75) is 71.1 Å². The Morgan fingerprint density at radius 1 is 1.04 bits per heavy atom. The highest BCUT2D eigenvalue weighted by Crippen LogP contribution is 2.46. The molecule has 1 fully saturated rings. The van der Waals surface area contributed by atoms with Gasteiger partial charge in [-0.15, -0.1) is 0 Å². The molecule has 27 heavy (non-hydrogen) atoms. The summed E-state index contributed by atoms with van der Waals surface area (Å²) in [5.74, 6) is 0.732. The Bertz CT molecular complexity index is 754. The molecule has 1 aromatic carbocycles. The number of hydrogen-bond acceptors (Lipinski definition) is 1. The van der Waals surface area contributed by atoms with E-state index in [0.29, 0.717) is 0 Å². The van der Waals surface area contributed by atoms with Gasteiger partial charge in [0.25, 0.3) is 0 Å². The lowest BCUT2D eigenvalue weighted by molar-refractivity contribution is 0.332. The maximum atomic E-state index is 4.34. The number of hydrogen-bond donors (Lipinski definition) is 1. The van der Waals surface area contributed by atoms with Gasteiger partial charge in [0.05, 0.1) is 0 Å². The third-order valence-corrected chi connectivity index (χ3v) is 6.86. The second-order valence-corrected chi connectivity index (χ2v) is 9.85. The van der Waals surface area contributed by atoms with E-state index >= 15 is 0 Å². The lowest BCUT2D eigenvalue weighted by atomic mass is 9.63. The zero-order valence-electron chi connectivity index (χ0n) is 18.0. The summed E-state index contributed by atoms with van der Waals surface area (Å²) in [5.41, 5.74) is 7.39. The predicted octanol–water partition coefficient (Wildman–Crippen LogP) is 6.55. The normalized spacial score (nSPS) is 22.6. The molecule has 2 aliphatic rings. The van der Waals surface area contributed by atoms with Crippen molar-refractivity contribution < 1.29 is 0 Å². The van der Waals surface area contributed by atoms with Gasteiger partial charge in [0.1, 0.15) is 0 Å². The Morgan fingerprint density at radius 3 is 2.33 bits per heavy atom. The topological polar surface area (TPSA) is 12.0 Å². The number of allylic oxidation sites excluding steroid dienone is 5. The zero-order valence-corrected chi connectivity index (χ0v) is 18.0. The van der Waals surface area contributed by atoms with Crippen LogP contribution in [0.1, 0.15) is 77.0 Å². The lowest BCUT2D eigenvalue weighted by Crippen LogP contribution is -2.33. The first-order chi connectivity index (χ1) is 12.7. The second kappa shape index (κ2) is 7.80. The minimum atomic E-state index is 0.246. The van der Waals surface area contributed by atoms with E-state index in [9.17, 15) is 0 Å². The molecule has 1 saturated heterocycles. The summed E-state index contributed by atoms with van der Waals surface area (Å²) in [6.45, 7) is 18.4. The van der Waals surface area contributed by atoms with Crippen molar-refractivity contribution >= 4 is 5.57 Å². The summed E-state index contributed by atoms with van der Waals surface area (Å²) in [6.07, 6.45) is 11.7. The minimum absolute atomic E-state index is 0.246. The highest BCUT2D eigenvalue weighted by molar-refractivity contribution is 5.73. The zero-order chi connectivity index (χ0) is 19.7. The van der Waals surface area contributed by atoms with E-state index in [2.05, 4.69) is 82.9 Å². The van der Waals surface area contributed by atoms with Gasteiger partial charge < -0.3 is 5.32 Å². The molecule has 0 radical (unpaired) electrons. The summed E-state index contributed by atoms with van der Waals surface area (Å²) in [6, 6.07) is 7.00. The third kappa shape index (κ3) is 4.46. The smallest absolute Gasteiger partial charge is 0.00432 e. The van der Waals surface area contributed by atoms with Gasteiger partial charge in [-0.2, -0.15) is 0 Å². The van der Waals surface area contributed by atoms with Crippen LogP contribution in [-0.2, 0) is 10.8 Å². The fourth-order valence-corrected chi connectivity index (χ4v) is 4.61. The van der Waals surface area contributed by atoms with Crippen molar-refractivity contribution in [1.82, 2.24) is 5.32 Å². The van der Waals surface area contributed by atoms with Crippen LogP contribution in [0.3, 0.4) is 0 Å². The Hall–Kier alpha value is -1.60. The predicted molar refractivity (Wildman–Crippen MR) is 119 cm³/mol. The van der Waals surface area contributed by atoms with Gasteiger partial charge in [-0.25, -0.2) is 0 Å². The quantitative estimate of drug-likeness (QED) is 0.598. The van der Waals surface area contributed by atoms with Crippen LogP contribution in [0.4, 0.5) is 0 Å². The van der Waals surface area contributed by atoms with Gasteiger partial charge in [-0.1, -0.05) is 76.3 Å². The summed E-state index contributed by atoms with van der Waals surface area (Å²) < 4.78 is 0. The largest absolute Gasteiger partial charge is 0.317 e. The SMILES string of the molecule is C=C(/C=C\C=C(/C)C1CCNCC1)c1ccc2c(c1)C(C)(C)CCC2(C)C. The lowest BCUT2D eigenvalue weighted by Gasteiger charge is -2.42. The molecule has 1 aliphatic carbocycles. The van der Waals surface area contributed by atoms with E-state index in [0.717, 1.165) is 24.6 Å². The van der Waals surface area contributed by atoms with Crippen molar-refractivity contribution in [2.24, 2.45) is 5.92 Å². The first-order valence-electron chi connectivity index (χ1n) is 10.6. The molecule has 0 unspecified atom stereocenters. The van der Waals surface area contributed by atoms with E-state index < -0.39 is 0 Å². The Labute approximate surface area is 166 Å². The average Bonchev–Trinajstić information content (AvgIpc) is 2.66. The number of nitrogens with one attached hydrogen (secondary N) is 1. The monoisotopic (exact) mass is 363 g/mol. The van der Waals surface area contributed by atoms with E-state index in [1.807, 2.05) is 0 Å². The van der Waals surface area contributed by atoms with Gasteiger partial charge in [-0.05, 0) is 84.7 Å².